The van der Waals surface area contributed by atoms with Gasteiger partial charge in [0.15, 0.2) is 0 Å². The Kier molecular flexibility index (Phi) is 6.39. The van der Waals surface area contributed by atoms with Crippen LogP contribution >= 0.6 is 0 Å². The minimum Gasteiger partial charge on any atom is -0.481 e. The number of amides is 1. The number of nitrogens with one attached hydrogen (secondary N) is 1. The lowest BCUT2D eigenvalue weighted by atomic mass is 10.0. The molecule has 1 aromatic rings. The molecule has 3 N–H and O–H groups in total. The summed E-state index contributed by atoms with van der Waals surface area (Å²) >= 11 is 0. The summed E-state index contributed by atoms with van der Waals surface area (Å²) in [6.07, 6.45) is 0.297. The van der Waals surface area contributed by atoms with Gasteiger partial charge in [-0.1, -0.05) is 24.3 Å². The Morgan fingerprint density at radius 3 is 2.43 bits per heavy atom. The van der Waals surface area contributed by atoms with E-state index in [9.17, 15) is 14.4 Å². The predicted molar refractivity (Wildman–Crippen MR) is 75.9 cm³/mol. The third-order valence-corrected chi connectivity index (χ3v) is 3.13. The third-order valence-electron chi connectivity index (χ3n) is 3.13. The van der Waals surface area contributed by atoms with E-state index in [1.165, 1.54) is 0 Å². The number of rotatable bonds is 8. The molecule has 0 heterocycles. The van der Waals surface area contributed by atoms with Crippen molar-refractivity contribution in [1.29, 1.82) is 0 Å². The van der Waals surface area contributed by atoms with Gasteiger partial charge in [0.2, 0.25) is 5.91 Å². The van der Waals surface area contributed by atoms with Crippen molar-refractivity contribution in [2.75, 3.05) is 0 Å². The van der Waals surface area contributed by atoms with E-state index in [0.717, 1.165) is 11.1 Å². The number of hydrogen-bond donors (Lipinski definition) is 3. The van der Waals surface area contributed by atoms with Crippen LogP contribution in [0.2, 0.25) is 0 Å². The van der Waals surface area contributed by atoms with Crippen molar-refractivity contribution >= 4 is 17.8 Å². The number of benzene rings is 1. The standard InChI is InChI=1S/C15H19NO5/c1-10-5-2-3-6-11(10)9-13(17)16-12(15(20)21)7-4-8-14(18)19/h2-3,5-6,12H,4,7-9H2,1H3,(H,16,17)(H,18,19)(H,20,21)/t12-/m1/s1. The van der Waals surface area contributed by atoms with Gasteiger partial charge < -0.3 is 15.5 Å². The van der Waals surface area contributed by atoms with Crippen LogP contribution in [0.3, 0.4) is 0 Å². The fourth-order valence-electron chi connectivity index (χ4n) is 1.94. The molecule has 1 rings (SSSR count). The van der Waals surface area contributed by atoms with Gasteiger partial charge in [-0.15, -0.1) is 0 Å². The first-order chi connectivity index (χ1) is 9.90. The van der Waals surface area contributed by atoms with Gasteiger partial charge in [0.25, 0.3) is 0 Å². The molecule has 0 bridgehead atoms. The number of carboxylic acid groups (broad SMARTS) is 2. The Balaban J connectivity index is 2.54. The maximum absolute atomic E-state index is 11.9. The van der Waals surface area contributed by atoms with Crippen LogP contribution in [-0.2, 0) is 20.8 Å². The van der Waals surface area contributed by atoms with E-state index in [0.29, 0.717) is 0 Å². The van der Waals surface area contributed by atoms with Crippen LogP contribution in [0, 0.1) is 6.92 Å². The Bertz CT molecular complexity index is 527. The molecule has 114 valence electrons. The Labute approximate surface area is 122 Å². The fraction of sp³-hybridized carbons (Fsp3) is 0.400. The first-order valence-electron chi connectivity index (χ1n) is 6.68. The zero-order chi connectivity index (χ0) is 15.8. The van der Waals surface area contributed by atoms with Crippen LogP contribution in [0.5, 0.6) is 0 Å². The van der Waals surface area contributed by atoms with Gasteiger partial charge in [-0.25, -0.2) is 4.79 Å². The summed E-state index contributed by atoms with van der Waals surface area (Å²) in [5.41, 5.74) is 1.80. The van der Waals surface area contributed by atoms with Crippen molar-refractivity contribution in [2.24, 2.45) is 0 Å². The van der Waals surface area contributed by atoms with Crippen LogP contribution < -0.4 is 5.32 Å². The summed E-state index contributed by atoms with van der Waals surface area (Å²) < 4.78 is 0. The molecule has 0 unspecified atom stereocenters. The van der Waals surface area contributed by atoms with E-state index in [1.807, 2.05) is 31.2 Å². The number of aryl methyl sites for hydroxylation is 1. The zero-order valence-electron chi connectivity index (χ0n) is 11.8. The molecule has 0 aliphatic carbocycles. The van der Waals surface area contributed by atoms with E-state index in [-0.39, 0.29) is 31.6 Å². The van der Waals surface area contributed by atoms with Crippen LogP contribution in [0.4, 0.5) is 0 Å². The second-order valence-corrected chi connectivity index (χ2v) is 4.85. The maximum Gasteiger partial charge on any atom is 0.326 e. The van der Waals surface area contributed by atoms with Gasteiger partial charge >= 0.3 is 11.9 Å². The number of hydrogen-bond acceptors (Lipinski definition) is 3. The summed E-state index contributed by atoms with van der Waals surface area (Å²) in [7, 11) is 0. The van der Waals surface area contributed by atoms with E-state index in [1.54, 1.807) is 0 Å². The molecule has 0 saturated heterocycles. The average molecular weight is 293 g/mol. The average Bonchev–Trinajstić information content (AvgIpc) is 2.39. The van der Waals surface area contributed by atoms with Crippen LogP contribution in [0.1, 0.15) is 30.4 Å². The van der Waals surface area contributed by atoms with Crippen molar-refractivity contribution < 1.29 is 24.6 Å². The highest BCUT2D eigenvalue weighted by Gasteiger charge is 2.20. The molecule has 1 amide bonds. The molecule has 0 saturated carbocycles. The van der Waals surface area contributed by atoms with E-state index >= 15 is 0 Å². The van der Waals surface area contributed by atoms with Gasteiger partial charge in [-0.2, -0.15) is 0 Å². The smallest absolute Gasteiger partial charge is 0.326 e. The SMILES string of the molecule is Cc1ccccc1CC(=O)N[C@H](CCCC(=O)O)C(=O)O. The molecule has 6 heteroatoms. The lowest BCUT2D eigenvalue weighted by Gasteiger charge is -2.14. The molecule has 0 radical (unpaired) electrons. The summed E-state index contributed by atoms with van der Waals surface area (Å²) in [6.45, 7) is 1.88. The van der Waals surface area contributed by atoms with Crippen LogP contribution in [-0.4, -0.2) is 34.1 Å². The van der Waals surface area contributed by atoms with Crippen molar-refractivity contribution in [3.63, 3.8) is 0 Å². The minimum atomic E-state index is -1.15. The normalized spacial score (nSPS) is 11.7. The summed E-state index contributed by atoms with van der Waals surface area (Å²) in [5.74, 6) is -2.52. The van der Waals surface area contributed by atoms with E-state index < -0.39 is 18.0 Å². The highest BCUT2D eigenvalue weighted by atomic mass is 16.4. The molecule has 0 aliphatic rings. The predicted octanol–water partition coefficient (Wildman–Crippen LogP) is 1.36. The molecule has 0 aliphatic heterocycles. The van der Waals surface area contributed by atoms with Crippen molar-refractivity contribution in [2.45, 2.75) is 38.6 Å². The fourth-order valence-corrected chi connectivity index (χ4v) is 1.94. The lowest BCUT2D eigenvalue weighted by Crippen LogP contribution is -2.41. The van der Waals surface area contributed by atoms with Gasteiger partial charge in [0.05, 0.1) is 6.42 Å². The van der Waals surface area contributed by atoms with Gasteiger partial charge in [-0.05, 0) is 30.9 Å². The highest BCUT2D eigenvalue weighted by molar-refractivity contribution is 5.85. The first-order valence-corrected chi connectivity index (χ1v) is 6.68. The highest BCUT2D eigenvalue weighted by Crippen LogP contribution is 2.08. The van der Waals surface area contributed by atoms with Gasteiger partial charge in [0.1, 0.15) is 6.04 Å². The third kappa shape index (κ3) is 6.07. The number of carbonyl (C=O) groups excluding carboxylic acids is 1. The molecule has 0 fully saturated rings. The molecule has 6 nitrogen and oxygen atoms in total. The second kappa shape index (κ2) is 8.04. The quantitative estimate of drug-likeness (QED) is 0.671. The largest absolute Gasteiger partial charge is 0.481 e. The summed E-state index contributed by atoms with van der Waals surface area (Å²) in [6, 6.07) is 6.32. The molecule has 0 aromatic heterocycles. The van der Waals surface area contributed by atoms with Gasteiger partial charge in [0, 0.05) is 6.42 Å². The maximum atomic E-state index is 11.9. The molecular formula is C15H19NO5. The van der Waals surface area contributed by atoms with E-state index in [2.05, 4.69) is 5.32 Å². The van der Waals surface area contributed by atoms with Crippen molar-refractivity contribution in [3.8, 4) is 0 Å². The lowest BCUT2D eigenvalue weighted by molar-refractivity contribution is -0.142. The van der Waals surface area contributed by atoms with E-state index in [4.69, 9.17) is 10.2 Å². The molecule has 21 heavy (non-hydrogen) atoms. The number of aliphatic carboxylic acids is 2. The molecule has 1 atom stereocenters. The van der Waals surface area contributed by atoms with Gasteiger partial charge in [-0.3, -0.25) is 9.59 Å². The first kappa shape index (κ1) is 16.7. The van der Waals surface area contributed by atoms with Crippen molar-refractivity contribution in [1.82, 2.24) is 5.32 Å². The minimum absolute atomic E-state index is 0.0984. The van der Waals surface area contributed by atoms with Crippen LogP contribution in [0.25, 0.3) is 0 Å². The molecule has 0 spiro atoms. The van der Waals surface area contributed by atoms with Crippen molar-refractivity contribution in [3.05, 3.63) is 35.4 Å². The molecule has 1 aromatic carbocycles. The molecular weight excluding hydrogens is 274 g/mol. The number of carbonyl (C=O) groups is 3. The topological polar surface area (TPSA) is 104 Å². The Hall–Kier alpha value is -2.37. The Morgan fingerprint density at radius 2 is 1.86 bits per heavy atom. The second-order valence-electron chi connectivity index (χ2n) is 4.85. The zero-order valence-corrected chi connectivity index (χ0v) is 11.8. The number of carboxylic acids is 2. The van der Waals surface area contributed by atoms with Crippen LogP contribution in [0.15, 0.2) is 24.3 Å². The monoisotopic (exact) mass is 293 g/mol. The summed E-state index contributed by atoms with van der Waals surface area (Å²) in [5, 5.41) is 20.0. The summed E-state index contributed by atoms with van der Waals surface area (Å²) in [4.78, 5) is 33.4. The Morgan fingerprint density at radius 1 is 1.19 bits per heavy atom.